The van der Waals surface area contributed by atoms with Crippen LogP contribution in [-0.2, 0) is 9.53 Å². The monoisotopic (exact) mass is 223 g/mol. The Morgan fingerprint density at radius 3 is 2.44 bits per heavy atom. The van der Waals surface area contributed by atoms with Crippen molar-refractivity contribution in [3.05, 3.63) is 30.3 Å². The fraction of sp³-hybridized carbons (Fsp3) is 0.273. The number of hydrogen-bond donors (Lipinski definition) is 1. The Hall–Kier alpha value is -2.04. The standard InChI is InChI=1S/C11H13NO4/c1-8(12-11(14)15-2)10(13)16-9-6-4-3-5-7-9/h3-8H,1-2H3,(H,12,14)/t8-/m0/s1. The Bertz CT molecular complexity index is 364. The van der Waals surface area contributed by atoms with Crippen molar-refractivity contribution in [3.63, 3.8) is 0 Å². The quantitative estimate of drug-likeness (QED) is 0.620. The van der Waals surface area contributed by atoms with E-state index in [0.717, 1.165) is 0 Å². The highest BCUT2D eigenvalue weighted by atomic mass is 16.5. The number of para-hydroxylation sites is 1. The zero-order valence-corrected chi connectivity index (χ0v) is 9.10. The molecule has 0 fully saturated rings. The van der Waals surface area contributed by atoms with E-state index in [1.807, 2.05) is 6.07 Å². The van der Waals surface area contributed by atoms with Gasteiger partial charge in [-0.1, -0.05) is 18.2 Å². The summed E-state index contributed by atoms with van der Waals surface area (Å²) >= 11 is 0. The SMILES string of the molecule is COC(=O)N[C@@H](C)C(=O)Oc1ccccc1. The molecule has 0 aliphatic carbocycles. The second-order valence-corrected chi connectivity index (χ2v) is 3.09. The lowest BCUT2D eigenvalue weighted by Gasteiger charge is -2.11. The number of carbonyl (C=O) groups excluding carboxylic acids is 2. The molecule has 1 N–H and O–H groups in total. The highest BCUT2D eigenvalue weighted by Gasteiger charge is 2.17. The van der Waals surface area contributed by atoms with E-state index in [4.69, 9.17) is 4.74 Å². The largest absolute Gasteiger partial charge is 0.453 e. The third kappa shape index (κ3) is 3.61. The molecule has 1 atom stereocenters. The lowest BCUT2D eigenvalue weighted by atomic mass is 10.3. The van der Waals surface area contributed by atoms with Gasteiger partial charge in [-0.3, -0.25) is 0 Å². The van der Waals surface area contributed by atoms with Gasteiger partial charge in [0, 0.05) is 0 Å². The van der Waals surface area contributed by atoms with Crippen LogP contribution in [0.1, 0.15) is 6.92 Å². The predicted molar refractivity (Wildman–Crippen MR) is 57.1 cm³/mol. The van der Waals surface area contributed by atoms with E-state index in [1.54, 1.807) is 24.3 Å². The van der Waals surface area contributed by atoms with E-state index >= 15 is 0 Å². The first-order valence-electron chi connectivity index (χ1n) is 4.74. The van der Waals surface area contributed by atoms with Crippen molar-refractivity contribution in [1.29, 1.82) is 0 Å². The predicted octanol–water partition coefficient (Wildman–Crippen LogP) is 1.34. The summed E-state index contributed by atoms with van der Waals surface area (Å²) < 4.78 is 9.38. The molecule has 0 saturated heterocycles. The molecule has 1 aromatic rings. The van der Waals surface area contributed by atoms with Gasteiger partial charge in [-0.2, -0.15) is 0 Å². The van der Waals surface area contributed by atoms with Crippen molar-refractivity contribution in [3.8, 4) is 5.75 Å². The Morgan fingerprint density at radius 2 is 1.88 bits per heavy atom. The van der Waals surface area contributed by atoms with E-state index in [1.165, 1.54) is 14.0 Å². The van der Waals surface area contributed by atoms with Crippen molar-refractivity contribution in [2.45, 2.75) is 13.0 Å². The summed E-state index contributed by atoms with van der Waals surface area (Å²) in [7, 11) is 1.23. The number of benzene rings is 1. The highest BCUT2D eigenvalue weighted by Crippen LogP contribution is 2.09. The summed E-state index contributed by atoms with van der Waals surface area (Å²) in [4.78, 5) is 22.3. The minimum Gasteiger partial charge on any atom is -0.453 e. The average molecular weight is 223 g/mol. The van der Waals surface area contributed by atoms with Crippen molar-refractivity contribution >= 4 is 12.1 Å². The van der Waals surface area contributed by atoms with Gasteiger partial charge in [0.05, 0.1) is 7.11 Å². The van der Waals surface area contributed by atoms with Crippen LogP contribution >= 0.6 is 0 Å². The maximum Gasteiger partial charge on any atom is 0.407 e. The molecule has 0 radical (unpaired) electrons. The minimum atomic E-state index is -0.757. The van der Waals surface area contributed by atoms with Gasteiger partial charge in [-0.05, 0) is 19.1 Å². The van der Waals surface area contributed by atoms with Gasteiger partial charge in [0.15, 0.2) is 0 Å². The first-order chi connectivity index (χ1) is 7.63. The van der Waals surface area contributed by atoms with Gasteiger partial charge in [-0.15, -0.1) is 0 Å². The summed E-state index contributed by atoms with van der Waals surface area (Å²) in [6.45, 7) is 1.52. The number of rotatable bonds is 3. The van der Waals surface area contributed by atoms with Crippen molar-refractivity contribution in [2.24, 2.45) is 0 Å². The van der Waals surface area contributed by atoms with Gasteiger partial charge < -0.3 is 14.8 Å². The summed E-state index contributed by atoms with van der Waals surface area (Å²) in [5, 5.41) is 2.31. The van der Waals surface area contributed by atoms with E-state index in [0.29, 0.717) is 5.75 Å². The summed E-state index contributed by atoms with van der Waals surface area (Å²) in [5.41, 5.74) is 0. The van der Waals surface area contributed by atoms with E-state index < -0.39 is 18.1 Å². The number of carbonyl (C=O) groups is 2. The molecule has 5 heteroatoms. The van der Waals surface area contributed by atoms with Crippen molar-refractivity contribution < 1.29 is 19.1 Å². The van der Waals surface area contributed by atoms with Crippen LogP contribution < -0.4 is 10.1 Å². The second-order valence-electron chi connectivity index (χ2n) is 3.09. The fourth-order valence-corrected chi connectivity index (χ4v) is 0.988. The molecular formula is C11H13NO4. The Kier molecular flexibility index (Phi) is 4.32. The maximum absolute atomic E-state index is 11.5. The zero-order chi connectivity index (χ0) is 12.0. The molecule has 0 aromatic heterocycles. The Balaban J connectivity index is 2.49. The molecule has 0 saturated carbocycles. The molecule has 16 heavy (non-hydrogen) atoms. The van der Waals surface area contributed by atoms with E-state index in [-0.39, 0.29) is 0 Å². The molecule has 0 bridgehead atoms. The first kappa shape index (κ1) is 12.0. The molecule has 1 rings (SSSR count). The molecule has 1 aromatic carbocycles. The fourth-order valence-electron chi connectivity index (χ4n) is 0.988. The molecule has 0 aliphatic rings. The number of ether oxygens (including phenoxy) is 2. The summed E-state index contributed by atoms with van der Waals surface area (Å²) in [6.07, 6.45) is -0.669. The van der Waals surface area contributed by atoms with Gasteiger partial charge in [0.1, 0.15) is 11.8 Å². The van der Waals surface area contributed by atoms with Crippen LogP contribution in [0.3, 0.4) is 0 Å². The number of amides is 1. The van der Waals surface area contributed by atoms with Gasteiger partial charge in [0.25, 0.3) is 0 Å². The molecule has 5 nitrogen and oxygen atoms in total. The minimum absolute atomic E-state index is 0.436. The third-order valence-corrected chi connectivity index (χ3v) is 1.83. The Morgan fingerprint density at radius 1 is 1.25 bits per heavy atom. The van der Waals surface area contributed by atoms with Crippen LogP contribution in [0.5, 0.6) is 5.75 Å². The summed E-state index contributed by atoms with van der Waals surface area (Å²) in [6, 6.07) is 7.87. The zero-order valence-electron chi connectivity index (χ0n) is 9.10. The molecule has 0 spiro atoms. The highest BCUT2D eigenvalue weighted by molar-refractivity contribution is 5.82. The maximum atomic E-state index is 11.5. The molecule has 1 amide bonds. The number of hydrogen-bond acceptors (Lipinski definition) is 4. The van der Waals surface area contributed by atoms with Crippen LogP contribution in [0.25, 0.3) is 0 Å². The van der Waals surface area contributed by atoms with Crippen LogP contribution in [0.4, 0.5) is 4.79 Å². The van der Waals surface area contributed by atoms with Crippen molar-refractivity contribution in [2.75, 3.05) is 7.11 Å². The lowest BCUT2D eigenvalue weighted by Crippen LogP contribution is -2.40. The first-order valence-corrected chi connectivity index (χ1v) is 4.74. The Labute approximate surface area is 93.4 Å². The molecular weight excluding hydrogens is 210 g/mol. The van der Waals surface area contributed by atoms with Crippen molar-refractivity contribution in [1.82, 2.24) is 5.32 Å². The second kappa shape index (κ2) is 5.75. The normalized spacial score (nSPS) is 11.4. The van der Waals surface area contributed by atoms with E-state index in [2.05, 4.69) is 10.1 Å². The topological polar surface area (TPSA) is 64.6 Å². The molecule has 0 aliphatic heterocycles. The average Bonchev–Trinajstić information content (AvgIpc) is 2.30. The lowest BCUT2D eigenvalue weighted by molar-refractivity contribution is -0.136. The van der Waals surface area contributed by atoms with Crippen LogP contribution in [0.15, 0.2) is 30.3 Å². The van der Waals surface area contributed by atoms with Gasteiger partial charge in [0.2, 0.25) is 0 Å². The third-order valence-electron chi connectivity index (χ3n) is 1.83. The molecule has 0 heterocycles. The number of alkyl carbamates (subject to hydrolysis) is 1. The van der Waals surface area contributed by atoms with Gasteiger partial charge in [-0.25, -0.2) is 9.59 Å². The number of esters is 1. The number of nitrogens with one attached hydrogen (secondary N) is 1. The van der Waals surface area contributed by atoms with Crippen LogP contribution in [0.2, 0.25) is 0 Å². The summed E-state index contributed by atoms with van der Waals surface area (Å²) in [5.74, 6) is -0.109. The van der Waals surface area contributed by atoms with Crippen LogP contribution in [-0.4, -0.2) is 25.2 Å². The van der Waals surface area contributed by atoms with Gasteiger partial charge >= 0.3 is 12.1 Å². The smallest absolute Gasteiger partial charge is 0.407 e. The molecule has 86 valence electrons. The van der Waals surface area contributed by atoms with Crippen LogP contribution in [0, 0.1) is 0 Å². The molecule has 0 unspecified atom stereocenters. The number of methoxy groups -OCH3 is 1. The van der Waals surface area contributed by atoms with E-state index in [9.17, 15) is 9.59 Å².